The van der Waals surface area contributed by atoms with Crippen molar-refractivity contribution in [1.82, 2.24) is 9.97 Å². The zero-order valence-electron chi connectivity index (χ0n) is 13.0. The van der Waals surface area contributed by atoms with E-state index in [4.69, 9.17) is 0 Å². The molecule has 4 nitrogen and oxygen atoms in total. The minimum absolute atomic E-state index is 0.369. The van der Waals surface area contributed by atoms with Crippen LogP contribution in [0.4, 0.5) is 5.95 Å². The van der Waals surface area contributed by atoms with Crippen LogP contribution in [0.5, 0.6) is 0 Å². The molecule has 0 saturated carbocycles. The number of nitrogens with one attached hydrogen (secondary N) is 1. The molecule has 116 valence electrons. The van der Waals surface area contributed by atoms with Gasteiger partial charge in [0.15, 0.2) is 0 Å². The first-order chi connectivity index (χ1) is 11.2. The summed E-state index contributed by atoms with van der Waals surface area (Å²) < 4.78 is 0. The topological polar surface area (TPSA) is 58.0 Å². The molecule has 0 fully saturated rings. The lowest BCUT2D eigenvalue weighted by molar-refractivity contribution is 0.191. The zero-order valence-corrected chi connectivity index (χ0v) is 13.0. The summed E-state index contributed by atoms with van der Waals surface area (Å²) in [4.78, 5) is 8.38. The minimum Gasteiger partial charge on any atom is -0.387 e. The summed E-state index contributed by atoms with van der Waals surface area (Å²) in [5, 5.41) is 13.4. The highest BCUT2D eigenvalue weighted by Gasteiger charge is 2.08. The van der Waals surface area contributed by atoms with Crippen LogP contribution < -0.4 is 5.32 Å². The van der Waals surface area contributed by atoms with Gasteiger partial charge < -0.3 is 10.4 Å². The largest absolute Gasteiger partial charge is 0.387 e. The highest BCUT2D eigenvalue weighted by Crippen LogP contribution is 2.22. The van der Waals surface area contributed by atoms with E-state index in [1.807, 2.05) is 55.5 Å². The van der Waals surface area contributed by atoms with Crippen molar-refractivity contribution in [3.8, 4) is 11.1 Å². The van der Waals surface area contributed by atoms with Crippen LogP contribution in [0.25, 0.3) is 11.1 Å². The molecule has 0 aliphatic rings. The lowest BCUT2D eigenvalue weighted by Gasteiger charge is -2.13. The molecule has 0 amide bonds. The fraction of sp³-hybridized carbons (Fsp3) is 0.158. The second-order valence-electron chi connectivity index (χ2n) is 5.41. The van der Waals surface area contributed by atoms with Crippen molar-refractivity contribution in [3.63, 3.8) is 0 Å². The van der Waals surface area contributed by atoms with E-state index >= 15 is 0 Å². The van der Waals surface area contributed by atoms with E-state index in [1.165, 1.54) is 5.56 Å². The molecule has 0 saturated heterocycles. The van der Waals surface area contributed by atoms with E-state index in [1.54, 1.807) is 6.20 Å². The number of hydrogen-bond acceptors (Lipinski definition) is 4. The Bertz CT molecular complexity index is 757. The number of rotatable bonds is 5. The number of aryl methyl sites for hydroxylation is 1. The maximum absolute atomic E-state index is 10.3. The van der Waals surface area contributed by atoms with Gasteiger partial charge in [0, 0.05) is 18.4 Å². The Hall–Kier alpha value is -2.72. The van der Waals surface area contributed by atoms with Gasteiger partial charge in [-0.2, -0.15) is 0 Å². The number of aliphatic hydroxyl groups is 1. The molecule has 0 spiro atoms. The highest BCUT2D eigenvalue weighted by atomic mass is 16.3. The van der Waals surface area contributed by atoms with E-state index in [0.29, 0.717) is 12.5 Å². The zero-order chi connectivity index (χ0) is 16.1. The van der Waals surface area contributed by atoms with E-state index in [2.05, 4.69) is 27.4 Å². The number of aromatic nitrogens is 2. The Kier molecular flexibility index (Phi) is 4.64. The minimum atomic E-state index is -0.607. The van der Waals surface area contributed by atoms with Crippen molar-refractivity contribution in [2.24, 2.45) is 0 Å². The van der Waals surface area contributed by atoms with E-state index in [-0.39, 0.29) is 0 Å². The van der Waals surface area contributed by atoms with Crippen LogP contribution in [0.15, 0.2) is 66.9 Å². The molecule has 2 N–H and O–H groups in total. The van der Waals surface area contributed by atoms with Crippen LogP contribution in [0.1, 0.15) is 17.4 Å². The Morgan fingerprint density at radius 3 is 2.35 bits per heavy atom. The third-order valence-electron chi connectivity index (χ3n) is 3.65. The molecule has 3 aromatic rings. The number of hydrogen-bond donors (Lipinski definition) is 2. The van der Waals surface area contributed by atoms with E-state index in [0.717, 1.165) is 16.8 Å². The molecule has 1 aromatic heterocycles. The summed E-state index contributed by atoms with van der Waals surface area (Å²) in [6.07, 6.45) is 1.09. The Labute approximate surface area is 135 Å². The van der Waals surface area contributed by atoms with E-state index < -0.39 is 6.10 Å². The van der Waals surface area contributed by atoms with Crippen LogP contribution in [0.3, 0.4) is 0 Å². The summed E-state index contributed by atoms with van der Waals surface area (Å²) in [6.45, 7) is 2.28. The standard InChI is InChI=1S/C19H19N3O/c1-14-11-12-20-19(22-14)21-13-18(23)17-9-7-16(8-10-17)15-5-3-2-4-6-15/h2-12,18,23H,13H2,1H3,(H,20,21,22). The third kappa shape index (κ3) is 3.93. The van der Waals surface area contributed by atoms with Gasteiger partial charge >= 0.3 is 0 Å². The van der Waals surface area contributed by atoms with Crippen molar-refractivity contribution >= 4 is 5.95 Å². The molecular formula is C19H19N3O. The first-order valence-electron chi connectivity index (χ1n) is 7.59. The van der Waals surface area contributed by atoms with Crippen LogP contribution >= 0.6 is 0 Å². The van der Waals surface area contributed by atoms with Crippen LogP contribution in [0.2, 0.25) is 0 Å². The summed E-state index contributed by atoms with van der Waals surface area (Å²) in [6, 6.07) is 20.0. The third-order valence-corrected chi connectivity index (χ3v) is 3.65. The summed E-state index contributed by atoms with van der Waals surface area (Å²) in [5.74, 6) is 0.532. The number of benzene rings is 2. The highest BCUT2D eigenvalue weighted by molar-refractivity contribution is 5.63. The second-order valence-corrected chi connectivity index (χ2v) is 5.41. The maximum Gasteiger partial charge on any atom is 0.222 e. The van der Waals surface area contributed by atoms with Crippen molar-refractivity contribution in [2.45, 2.75) is 13.0 Å². The van der Waals surface area contributed by atoms with E-state index in [9.17, 15) is 5.11 Å². The summed E-state index contributed by atoms with van der Waals surface area (Å²) in [5.41, 5.74) is 4.06. The monoisotopic (exact) mass is 305 g/mol. The smallest absolute Gasteiger partial charge is 0.222 e. The van der Waals surface area contributed by atoms with Crippen molar-refractivity contribution in [3.05, 3.63) is 78.1 Å². The van der Waals surface area contributed by atoms with Crippen molar-refractivity contribution in [1.29, 1.82) is 0 Å². The van der Waals surface area contributed by atoms with Gasteiger partial charge in [0.2, 0.25) is 5.95 Å². The SMILES string of the molecule is Cc1ccnc(NCC(O)c2ccc(-c3ccccc3)cc2)n1. The van der Waals surface area contributed by atoms with Gasteiger partial charge in [-0.05, 0) is 29.7 Å². The fourth-order valence-corrected chi connectivity index (χ4v) is 2.37. The van der Waals surface area contributed by atoms with Crippen LogP contribution in [0, 0.1) is 6.92 Å². The molecule has 1 atom stereocenters. The molecule has 3 rings (SSSR count). The van der Waals surface area contributed by atoms with Gasteiger partial charge in [0.25, 0.3) is 0 Å². The van der Waals surface area contributed by atoms with Gasteiger partial charge in [-0.25, -0.2) is 9.97 Å². The molecule has 23 heavy (non-hydrogen) atoms. The van der Waals surface area contributed by atoms with Crippen LogP contribution in [-0.2, 0) is 0 Å². The predicted molar refractivity (Wildman–Crippen MR) is 92.1 cm³/mol. The Morgan fingerprint density at radius 1 is 0.957 bits per heavy atom. The summed E-state index contributed by atoms with van der Waals surface area (Å²) >= 11 is 0. The Morgan fingerprint density at radius 2 is 1.65 bits per heavy atom. The number of anilines is 1. The van der Waals surface area contributed by atoms with Gasteiger partial charge in [0.05, 0.1) is 6.10 Å². The van der Waals surface area contributed by atoms with Gasteiger partial charge in [-0.3, -0.25) is 0 Å². The molecule has 0 aliphatic carbocycles. The average Bonchev–Trinajstić information content (AvgIpc) is 2.61. The van der Waals surface area contributed by atoms with Crippen LogP contribution in [-0.4, -0.2) is 21.6 Å². The predicted octanol–water partition coefficient (Wildman–Crippen LogP) is 3.60. The number of aliphatic hydroxyl groups excluding tert-OH is 1. The Balaban J connectivity index is 1.65. The fourth-order valence-electron chi connectivity index (χ4n) is 2.37. The molecular weight excluding hydrogens is 286 g/mol. The quantitative estimate of drug-likeness (QED) is 0.756. The molecule has 0 radical (unpaired) electrons. The second kappa shape index (κ2) is 7.03. The molecule has 2 aromatic carbocycles. The van der Waals surface area contributed by atoms with Gasteiger partial charge in [-0.1, -0.05) is 54.6 Å². The number of nitrogens with zero attached hydrogens (tertiary/aromatic N) is 2. The van der Waals surface area contributed by atoms with Gasteiger partial charge in [-0.15, -0.1) is 0 Å². The van der Waals surface area contributed by atoms with Gasteiger partial charge in [0.1, 0.15) is 0 Å². The molecule has 0 bridgehead atoms. The van der Waals surface area contributed by atoms with Crippen molar-refractivity contribution < 1.29 is 5.11 Å². The lowest BCUT2D eigenvalue weighted by atomic mass is 10.0. The molecule has 1 unspecified atom stereocenters. The molecule has 4 heteroatoms. The lowest BCUT2D eigenvalue weighted by Crippen LogP contribution is -2.14. The molecule has 1 heterocycles. The first kappa shape index (κ1) is 15.2. The van der Waals surface area contributed by atoms with Crippen molar-refractivity contribution in [2.75, 3.05) is 11.9 Å². The normalized spacial score (nSPS) is 11.9. The first-order valence-corrected chi connectivity index (χ1v) is 7.59. The maximum atomic E-state index is 10.3. The average molecular weight is 305 g/mol. The summed E-state index contributed by atoms with van der Waals surface area (Å²) in [7, 11) is 0. The molecule has 0 aliphatic heterocycles.